The number of hydrogen-bond acceptors (Lipinski definition) is 1. The van der Waals surface area contributed by atoms with Gasteiger partial charge in [-0.05, 0) is 30.6 Å². The summed E-state index contributed by atoms with van der Waals surface area (Å²) in [6, 6.07) is 0. The van der Waals surface area contributed by atoms with E-state index in [-0.39, 0.29) is 11.5 Å². The molecule has 0 radical (unpaired) electrons. The lowest BCUT2D eigenvalue weighted by Crippen LogP contribution is -2.47. The minimum atomic E-state index is -0.187. The molecule has 0 aromatic carbocycles. The largest absolute Gasteiger partial charge is 0.393 e. The van der Waals surface area contributed by atoms with E-state index in [2.05, 4.69) is 20.8 Å². The van der Waals surface area contributed by atoms with Gasteiger partial charge in [0.25, 0.3) is 0 Å². The Hall–Kier alpha value is -0.0400. The highest BCUT2D eigenvalue weighted by atomic mass is 16.3. The molecule has 1 N–H and O–H groups in total. The summed E-state index contributed by atoms with van der Waals surface area (Å²) in [4.78, 5) is 0. The van der Waals surface area contributed by atoms with E-state index in [9.17, 15) is 5.11 Å². The Kier molecular flexibility index (Phi) is 4.44. The molecule has 0 saturated heterocycles. The zero-order chi connectivity index (χ0) is 10.7. The molecule has 0 bridgehead atoms. The molecule has 0 spiro atoms. The molecule has 1 nitrogen and oxygen atoms in total. The Morgan fingerprint density at radius 2 is 1.62 bits per heavy atom. The van der Waals surface area contributed by atoms with Crippen molar-refractivity contribution in [2.24, 2.45) is 10.8 Å². The minimum absolute atomic E-state index is 0.0885. The second kappa shape index (κ2) is 4.45. The van der Waals surface area contributed by atoms with Crippen molar-refractivity contribution < 1.29 is 5.11 Å². The van der Waals surface area contributed by atoms with Crippen LogP contribution in [0.2, 0.25) is 0 Å². The van der Waals surface area contributed by atoms with Crippen LogP contribution in [-0.2, 0) is 0 Å². The van der Waals surface area contributed by atoms with Crippen molar-refractivity contribution in [2.75, 3.05) is 0 Å². The summed E-state index contributed by atoms with van der Waals surface area (Å²) < 4.78 is 0. The van der Waals surface area contributed by atoms with Crippen LogP contribution in [0, 0.1) is 10.8 Å². The monoisotopic (exact) mass is 186 g/mol. The van der Waals surface area contributed by atoms with Crippen LogP contribution in [0.15, 0.2) is 0 Å². The highest BCUT2D eigenvalue weighted by Gasteiger charge is 2.47. The van der Waals surface area contributed by atoms with Crippen molar-refractivity contribution in [3.8, 4) is 0 Å². The maximum absolute atomic E-state index is 9.58. The van der Waals surface area contributed by atoms with Gasteiger partial charge in [-0.2, -0.15) is 0 Å². The number of aliphatic hydroxyl groups is 1. The van der Waals surface area contributed by atoms with E-state index in [1.165, 1.54) is 19.3 Å². The Morgan fingerprint density at radius 3 is 1.69 bits per heavy atom. The molecule has 80 valence electrons. The van der Waals surface area contributed by atoms with Gasteiger partial charge in [0.2, 0.25) is 0 Å². The predicted molar refractivity (Wildman–Crippen MR) is 58.8 cm³/mol. The number of aliphatic hydroxyl groups excluding tert-OH is 1. The third-order valence-electron chi connectivity index (χ3n) is 4.06. The van der Waals surface area contributed by atoms with Gasteiger partial charge in [-0.3, -0.25) is 0 Å². The van der Waals surface area contributed by atoms with Crippen LogP contribution in [0.3, 0.4) is 0 Å². The molecule has 13 heavy (non-hydrogen) atoms. The third kappa shape index (κ3) is 2.25. The molecule has 0 heterocycles. The Balaban J connectivity index is 0.000000671. The standard InChI is InChI=1S/C10H20O.C2H6/c1-8(11)9(2,3)10(4)6-5-7-10;1-2/h8,11H,5-7H2,1-4H3;1-2H3/t8-;/m1./s1. The van der Waals surface area contributed by atoms with Crippen LogP contribution in [0.1, 0.15) is 60.8 Å². The van der Waals surface area contributed by atoms with Crippen molar-refractivity contribution >= 4 is 0 Å². The molecule has 0 unspecified atom stereocenters. The van der Waals surface area contributed by atoms with Gasteiger partial charge in [0.1, 0.15) is 0 Å². The van der Waals surface area contributed by atoms with Gasteiger partial charge in [0.15, 0.2) is 0 Å². The van der Waals surface area contributed by atoms with E-state index in [1.54, 1.807) is 0 Å². The summed E-state index contributed by atoms with van der Waals surface area (Å²) in [5.74, 6) is 0. The molecule has 1 aliphatic rings. The van der Waals surface area contributed by atoms with Gasteiger partial charge in [0, 0.05) is 0 Å². The second-order valence-corrected chi connectivity index (χ2v) is 4.81. The van der Waals surface area contributed by atoms with E-state index in [4.69, 9.17) is 0 Å². The van der Waals surface area contributed by atoms with Gasteiger partial charge in [-0.25, -0.2) is 0 Å². The van der Waals surface area contributed by atoms with Gasteiger partial charge in [-0.15, -0.1) is 0 Å². The lowest BCUT2D eigenvalue weighted by atomic mass is 9.54. The molecule has 1 aliphatic carbocycles. The average Bonchev–Trinajstić information content (AvgIpc) is 2.03. The number of hydrogen-bond donors (Lipinski definition) is 1. The quantitative estimate of drug-likeness (QED) is 0.698. The summed E-state index contributed by atoms with van der Waals surface area (Å²) >= 11 is 0. The van der Waals surface area contributed by atoms with Gasteiger partial charge >= 0.3 is 0 Å². The molecule has 1 atom stereocenters. The summed E-state index contributed by atoms with van der Waals surface area (Å²) in [5, 5.41) is 9.58. The smallest absolute Gasteiger partial charge is 0.0568 e. The molecular weight excluding hydrogens is 160 g/mol. The van der Waals surface area contributed by atoms with Crippen molar-refractivity contribution in [2.45, 2.75) is 66.9 Å². The highest BCUT2D eigenvalue weighted by Crippen LogP contribution is 2.54. The molecule has 1 rings (SSSR count). The first-order chi connectivity index (χ1) is 5.90. The lowest BCUT2D eigenvalue weighted by Gasteiger charge is -2.52. The summed E-state index contributed by atoms with van der Waals surface area (Å²) in [6.07, 6.45) is 3.72. The second-order valence-electron chi connectivity index (χ2n) is 4.81. The van der Waals surface area contributed by atoms with E-state index >= 15 is 0 Å². The van der Waals surface area contributed by atoms with Crippen LogP contribution in [0.4, 0.5) is 0 Å². The van der Waals surface area contributed by atoms with Crippen LogP contribution in [0.25, 0.3) is 0 Å². The summed E-state index contributed by atoms with van der Waals surface area (Å²) in [6.45, 7) is 12.6. The minimum Gasteiger partial charge on any atom is -0.393 e. The van der Waals surface area contributed by atoms with E-state index in [0.29, 0.717) is 5.41 Å². The first-order valence-electron chi connectivity index (χ1n) is 5.58. The van der Waals surface area contributed by atoms with Crippen LogP contribution >= 0.6 is 0 Å². The fourth-order valence-electron chi connectivity index (χ4n) is 1.86. The van der Waals surface area contributed by atoms with E-state index < -0.39 is 0 Å². The van der Waals surface area contributed by atoms with Gasteiger partial charge < -0.3 is 5.11 Å². The zero-order valence-corrected chi connectivity index (χ0v) is 10.1. The Bertz CT molecular complexity index is 143. The van der Waals surface area contributed by atoms with Crippen molar-refractivity contribution in [3.05, 3.63) is 0 Å². The van der Waals surface area contributed by atoms with Gasteiger partial charge in [0.05, 0.1) is 6.10 Å². The van der Waals surface area contributed by atoms with E-state index in [1.807, 2.05) is 20.8 Å². The highest BCUT2D eigenvalue weighted by molar-refractivity contribution is 4.97. The van der Waals surface area contributed by atoms with E-state index in [0.717, 1.165) is 0 Å². The van der Waals surface area contributed by atoms with Crippen molar-refractivity contribution in [3.63, 3.8) is 0 Å². The van der Waals surface area contributed by atoms with Crippen LogP contribution in [-0.4, -0.2) is 11.2 Å². The SMILES string of the molecule is CC.C[C@@H](O)C(C)(C)C1(C)CCC1. The van der Waals surface area contributed by atoms with Crippen LogP contribution < -0.4 is 0 Å². The summed E-state index contributed by atoms with van der Waals surface area (Å²) in [7, 11) is 0. The maximum atomic E-state index is 9.58. The number of rotatable bonds is 2. The van der Waals surface area contributed by atoms with Gasteiger partial charge in [-0.1, -0.05) is 41.0 Å². The molecule has 1 fully saturated rings. The zero-order valence-electron chi connectivity index (χ0n) is 10.1. The first kappa shape index (κ1) is 13.0. The Morgan fingerprint density at radius 1 is 1.23 bits per heavy atom. The molecule has 1 heteroatoms. The molecule has 1 saturated carbocycles. The molecule has 0 amide bonds. The fourth-order valence-corrected chi connectivity index (χ4v) is 1.86. The molecular formula is C12H26O. The summed E-state index contributed by atoms with van der Waals surface area (Å²) in [5.41, 5.74) is 0.479. The predicted octanol–water partition coefficient (Wildman–Crippen LogP) is 3.61. The third-order valence-corrected chi connectivity index (χ3v) is 4.06. The first-order valence-corrected chi connectivity index (χ1v) is 5.58. The average molecular weight is 186 g/mol. The van der Waals surface area contributed by atoms with Crippen LogP contribution in [0.5, 0.6) is 0 Å². The lowest BCUT2D eigenvalue weighted by molar-refractivity contribution is -0.0787. The molecule has 0 aromatic heterocycles. The molecule has 0 aromatic rings. The normalized spacial score (nSPS) is 22.4. The topological polar surface area (TPSA) is 20.2 Å². The van der Waals surface area contributed by atoms with Crippen molar-refractivity contribution in [1.82, 2.24) is 0 Å². The molecule has 0 aliphatic heterocycles. The van der Waals surface area contributed by atoms with Crippen molar-refractivity contribution in [1.29, 1.82) is 0 Å². The maximum Gasteiger partial charge on any atom is 0.0568 e. The fraction of sp³-hybridized carbons (Fsp3) is 1.00. The Labute approximate surface area is 83.5 Å².